The molecule has 2 saturated heterocycles. The van der Waals surface area contributed by atoms with Gasteiger partial charge in [0.05, 0.1) is 5.41 Å². The van der Waals surface area contributed by atoms with E-state index < -0.39 is 5.41 Å². The second kappa shape index (κ2) is 8.28. The second-order valence-corrected chi connectivity index (χ2v) is 6.67. The second-order valence-electron chi connectivity index (χ2n) is 6.67. The first-order chi connectivity index (χ1) is 11.1. The predicted molar refractivity (Wildman–Crippen MR) is 94.0 cm³/mol. The van der Waals surface area contributed by atoms with Crippen LogP contribution in [0.2, 0.25) is 0 Å². The number of halogens is 2. The van der Waals surface area contributed by atoms with Gasteiger partial charge in [-0.05, 0) is 56.8 Å². The number of piperidine rings is 1. The number of carbonyl (C=O) groups excluding carboxylic acids is 1. The first-order valence-electron chi connectivity index (χ1n) is 8.50. The smallest absolute Gasteiger partial charge is 0.231 e. The molecule has 2 aliphatic rings. The fourth-order valence-corrected chi connectivity index (χ4v) is 3.70. The fraction of sp³-hybridized carbons (Fsp3) is 0.611. The molecule has 0 bridgehead atoms. The van der Waals surface area contributed by atoms with E-state index in [0.717, 1.165) is 24.9 Å². The van der Waals surface area contributed by atoms with Crippen molar-refractivity contribution in [3.8, 4) is 0 Å². The molecule has 2 heterocycles. The molecule has 3 rings (SSSR count). The standard InChI is InChI=1S/C18H25FN2O2.ClH/c1-13-16(6-3-9-20-13)21-17(22)18(7-10-23-11-8-18)14-4-2-5-15(19)12-14;/h2,4-5,12-13,16,20H,3,6-11H2,1H3,(H,21,22);1H. The maximum absolute atomic E-state index is 13.7. The average Bonchev–Trinajstić information content (AvgIpc) is 2.57. The Labute approximate surface area is 148 Å². The van der Waals surface area contributed by atoms with Gasteiger partial charge in [0.1, 0.15) is 5.82 Å². The highest BCUT2D eigenvalue weighted by Crippen LogP contribution is 2.36. The summed E-state index contributed by atoms with van der Waals surface area (Å²) >= 11 is 0. The van der Waals surface area contributed by atoms with Gasteiger partial charge in [0, 0.05) is 25.3 Å². The molecule has 0 saturated carbocycles. The maximum Gasteiger partial charge on any atom is 0.231 e. The monoisotopic (exact) mass is 356 g/mol. The number of benzene rings is 1. The van der Waals surface area contributed by atoms with Crippen molar-refractivity contribution in [2.45, 2.75) is 50.1 Å². The molecule has 4 nitrogen and oxygen atoms in total. The third-order valence-electron chi connectivity index (χ3n) is 5.24. The highest BCUT2D eigenvalue weighted by Gasteiger charge is 2.43. The van der Waals surface area contributed by atoms with Crippen molar-refractivity contribution >= 4 is 18.3 Å². The van der Waals surface area contributed by atoms with Crippen molar-refractivity contribution in [3.63, 3.8) is 0 Å². The molecule has 2 unspecified atom stereocenters. The van der Waals surface area contributed by atoms with Crippen LogP contribution in [0.1, 0.15) is 38.2 Å². The molecule has 1 aromatic rings. The fourth-order valence-electron chi connectivity index (χ4n) is 3.70. The van der Waals surface area contributed by atoms with Crippen LogP contribution in [0, 0.1) is 5.82 Å². The Morgan fingerprint density at radius 3 is 2.79 bits per heavy atom. The topological polar surface area (TPSA) is 50.4 Å². The number of hydrogen-bond donors (Lipinski definition) is 2. The van der Waals surface area contributed by atoms with Crippen molar-refractivity contribution in [1.29, 1.82) is 0 Å². The van der Waals surface area contributed by atoms with Crippen LogP contribution in [0.25, 0.3) is 0 Å². The predicted octanol–water partition coefficient (Wildman–Crippen LogP) is 2.55. The van der Waals surface area contributed by atoms with E-state index in [1.807, 2.05) is 6.07 Å². The zero-order chi connectivity index (χ0) is 16.3. The van der Waals surface area contributed by atoms with Crippen molar-refractivity contribution in [1.82, 2.24) is 10.6 Å². The number of ether oxygens (including phenoxy) is 1. The van der Waals surface area contributed by atoms with Gasteiger partial charge in [0.25, 0.3) is 0 Å². The Balaban J connectivity index is 0.00000208. The number of amides is 1. The van der Waals surface area contributed by atoms with Crippen LogP contribution in [0.4, 0.5) is 4.39 Å². The van der Waals surface area contributed by atoms with Crippen LogP contribution in [-0.4, -0.2) is 37.7 Å². The van der Waals surface area contributed by atoms with Gasteiger partial charge in [-0.3, -0.25) is 4.79 Å². The van der Waals surface area contributed by atoms with Crippen LogP contribution >= 0.6 is 12.4 Å². The lowest BCUT2D eigenvalue weighted by molar-refractivity contribution is -0.131. The molecular formula is C18H26ClFN2O2. The van der Waals surface area contributed by atoms with Gasteiger partial charge in [-0.2, -0.15) is 0 Å². The van der Waals surface area contributed by atoms with Crippen LogP contribution in [0.15, 0.2) is 24.3 Å². The van der Waals surface area contributed by atoms with Crippen molar-refractivity contribution in [2.24, 2.45) is 0 Å². The summed E-state index contributed by atoms with van der Waals surface area (Å²) in [5.41, 5.74) is 0.0760. The molecule has 2 fully saturated rings. The summed E-state index contributed by atoms with van der Waals surface area (Å²) in [7, 11) is 0. The van der Waals surface area contributed by atoms with Gasteiger partial charge in [-0.25, -0.2) is 4.39 Å². The summed E-state index contributed by atoms with van der Waals surface area (Å²) in [6, 6.07) is 6.84. The molecule has 1 amide bonds. The first kappa shape index (κ1) is 19.2. The molecule has 1 aromatic carbocycles. The molecule has 0 aromatic heterocycles. The molecule has 134 valence electrons. The molecule has 0 radical (unpaired) electrons. The summed E-state index contributed by atoms with van der Waals surface area (Å²) < 4.78 is 19.2. The first-order valence-corrected chi connectivity index (χ1v) is 8.50. The number of nitrogens with one attached hydrogen (secondary N) is 2. The van der Waals surface area contributed by atoms with Crippen molar-refractivity contribution in [3.05, 3.63) is 35.6 Å². The highest BCUT2D eigenvalue weighted by atomic mass is 35.5. The largest absolute Gasteiger partial charge is 0.381 e. The average molecular weight is 357 g/mol. The number of rotatable bonds is 3. The molecule has 2 N–H and O–H groups in total. The summed E-state index contributed by atoms with van der Waals surface area (Å²) in [4.78, 5) is 13.1. The van der Waals surface area contributed by atoms with Crippen LogP contribution in [0.5, 0.6) is 0 Å². The molecule has 2 aliphatic heterocycles. The zero-order valence-electron chi connectivity index (χ0n) is 14.0. The van der Waals surface area contributed by atoms with Gasteiger partial charge in [-0.1, -0.05) is 12.1 Å². The van der Waals surface area contributed by atoms with E-state index in [9.17, 15) is 9.18 Å². The maximum atomic E-state index is 13.7. The highest BCUT2D eigenvalue weighted by molar-refractivity contribution is 5.88. The molecule has 24 heavy (non-hydrogen) atoms. The quantitative estimate of drug-likeness (QED) is 0.875. The van der Waals surface area contributed by atoms with E-state index in [1.165, 1.54) is 12.1 Å². The van der Waals surface area contributed by atoms with Crippen LogP contribution in [-0.2, 0) is 14.9 Å². The lowest BCUT2D eigenvalue weighted by Crippen LogP contribution is -2.57. The third-order valence-corrected chi connectivity index (χ3v) is 5.24. The Bertz CT molecular complexity index is 564. The normalized spacial score (nSPS) is 26.2. The zero-order valence-corrected chi connectivity index (χ0v) is 14.8. The molecule has 0 spiro atoms. The lowest BCUT2D eigenvalue weighted by Gasteiger charge is -2.39. The lowest BCUT2D eigenvalue weighted by atomic mass is 9.73. The van der Waals surface area contributed by atoms with Gasteiger partial charge in [-0.15, -0.1) is 12.4 Å². The summed E-state index contributed by atoms with van der Waals surface area (Å²) in [6.45, 7) is 4.16. The Morgan fingerprint density at radius 2 is 2.12 bits per heavy atom. The van der Waals surface area contributed by atoms with E-state index in [0.29, 0.717) is 26.1 Å². The van der Waals surface area contributed by atoms with E-state index in [1.54, 1.807) is 6.07 Å². The van der Waals surface area contributed by atoms with E-state index >= 15 is 0 Å². The third kappa shape index (κ3) is 3.90. The number of hydrogen-bond acceptors (Lipinski definition) is 3. The Hall–Kier alpha value is -1.17. The van der Waals surface area contributed by atoms with Gasteiger partial charge in [0.15, 0.2) is 0 Å². The Morgan fingerprint density at radius 1 is 1.38 bits per heavy atom. The SMILES string of the molecule is CC1NCCCC1NC(=O)C1(c2cccc(F)c2)CCOCC1.Cl. The van der Waals surface area contributed by atoms with Gasteiger partial charge < -0.3 is 15.4 Å². The summed E-state index contributed by atoms with van der Waals surface area (Å²) in [5.74, 6) is -0.291. The molecule has 2 atom stereocenters. The van der Waals surface area contributed by atoms with Gasteiger partial charge in [0.2, 0.25) is 5.91 Å². The molecule has 6 heteroatoms. The summed E-state index contributed by atoms with van der Waals surface area (Å²) in [5, 5.41) is 6.62. The minimum Gasteiger partial charge on any atom is -0.381 e. The summed E-state index contributed by atoms with van der Waals surface area (Å²) in [6.07, 6.45) is 3.23. The van der Waals surface area contributed by atoms with E-state index in [-0.39, 0.29) is 36.2 Å². The van der Waals surface area contributed by atoms with Gasteiger partial charge >= 0.3 is 0 Å². The molecule has 0 aliphatic carbocycles. The van der Waals surface area contributed by atoms with Crippen LogP contribution in [0.3, 0.4) is 0 Å². The minimum absolute atomic E-state index is 0. The van der Waals surface area contributed by atoms with Crippen LogP contribution < -0.4 is 10.6 Å². The van der Waals surface area contributed by atoms with Crippen molar-refractivity contribution < 1.29 is 13.9 Å². The van der Waals surface area contributed by atoms with E-state index in [4.69, 9.17) is 4.74 Å². The Kier molecular flexibility index (Phi) is 6.61. The minimum atomic E-state index is -0.683. The number of carbonyl (C=O) groups is 1. The van der Waals surface area contributed by atoms with E-state index in [2.05, 4.69) is 17.6 Å². The molecular weight excluding hydrogens is 331 g/mol. The van der Waals surface area contributed by atoms with Crippen molar-refractivity contribution in [2.75, 3.05) is 19.8 Å².